The summed E-state index contributed by atoms with van der Waals surface area (Å²) in [5.41, 5.74) is 5.83. The van der Waals surface area contributed by atoms with E-state index in [-0.39, 0.29) is 11.5 Å². The molecule has 0 bridgehead atoms. The van der Waals surface area contributed by atoms with Crippen molar-refractivity contribution in [2.45, 2.75) is 77.4 Å². The number of benzene rings is 2. The number of hydrogen-bond donors (Lipinski definition) is 1. The van der Waals surface area contributed by atoms with Crippen LogP contribution in [-0.4, -0.2) is 11.2 Å². The topological polar surface area (TPSA) is 29.5 Å². The molecule has 0 spiro atoms. The summed E-state index contributed by atoms with van der Waals surface area (Å²) in [5, 5.41) is 10.6. The lowest BCUT2D eigenvalue weighted by Gasteiger charge is -2.50. The maximum Gasteiger partial charge on any atom is 0.123 e. The molecule has 2 heteroatoms. The highest BCUT2D eigenvalue weighted by atomic mass is 16.5. The van der Waals surface area contributed by atoms with Gasteiger partial charge in [0.1, 0.15) is 12.4 Å². The fraction of sp³-hybridized carbons (Fsp3) is 0.556. The molecule has 1 N–H and O–H groups in total. The number of ether oxygens (including phenoxy) is 1. The van der Waals surface area contributed by atoms with Crippen molar-refractivity contribution in [1.29, 1.82) is 0 Å². The first-order chi connectivity index (χ1) is 14.1. The maximum absolute atomic E-state index is 10.6. The third-order valence-corrected chi connectivity index (χ3v) is 8.47. The van der Waals surface area contributed by atoms with Crippen molar-refractivity contribution in [2.24, 2.45) is 17.3 Å². The Hall–Kier alpha value is -1.80. The molecule has 2 fully saturated rings. The van der Waals surface area contributed by atoms with Gasteiger partial charge in [-0.2, -0.15) is 0 Å². The Balaban J connectivity index is 1.41. The molecule has 29 heavy (non-hydrogen) atoms. The zero-order valence-electron chi connectivity index (χ0n) is 17.9. The van der Waals surface area contributed by atoms with Crippen LogP contribution in [0.4, 0.5) is 0 Å². The highest BCUT2D eigenvalue weighted by molar-refractivity contribution is 5.46. The first-order valence-electron chi connectivity index (χ1n) is 11.6. The van der Waals surface area contributed by atoms with Gasteiger partial charge in [0.05, 0.1) is 6.10 Å². The molecular formula is C27H34O2. The zero-order chi connectivity index (χ0) is 20.0. The molecule has 0 amide bonds. The molecule has 154 valence electrons. The minimum absolute atomic E-state index is 0.0881. The smallest absolute Gasteiger partial charge is 0.123 e. The van der Waals surface area contributed by atoms with Crippen molar-refractivity contribution in [3.63, 3.8) is 0 Å². The molecule has 2 nitrogen and oxygen atoms in total. The van der Waals surface area contributed by atoms with Crippen molar-refractivity contribution >= 4 is 0 Å². The highest BCUT2D eigenvalue weighted by Crippen LogP contribution is 2.61. The number of hydrogen-bond acceptors (Lipinski definition) is 2. The summed E-state index contributed by atoms with van der Waals surface area (Å²) in [4.78, 5) is 0. The molecule has 0 heterocycles. The number of aliphatic hydroxyl groups is 1. The van der Waals surface area contributed by atoms with Gasteiger partial charge in [-0.15, -0.1) is 0 Å². The third kappa shape index (κ3) is 3.20. The van der Waals surface area contributed by atoms with Gasteiger partial charge in [0.2, 0.25) is 0 Å². The van der Waals surface area contributed by atoms with Gasteiger partial charge in [0, 0.05) is 0 Å². The van der Waals surface area contributed by atoms with E-state index >= 15 is 0 Å². The van der Waals surface area contributed by atoms with Gasteiger partial charge in [-0.1, -0.05) is 50.2 Å². The second-order valence-corrected chi connectivity index (χ2v) is 9.84. The lowest BCUT2D eigenvalue weighted by molar-refractivity contribution is -0.0226. The van der Waals surface area contributed by atoms with Gasteiger partial charge in [-0.3, -0.25) is 0 Å². The Morgan fingerprint density at radius 3 is 2.69 bits per heavy atom. The van der Waals surface area contributed by atoms with E-state index in [2.05, 4.69) is 56.3 Å². The van der Waals surface area contributed by atoms with Crippen molar-refractivity contribution in [3.8, 4) is 5.75 Å². The summed E-state index contributed by atoms with van der Waals surface area (Å²) in [6, 6.07) is 15.3. The Morgan fingerprint density at radius 1 is 1.07 bits per heavy atom. The van der Waals surface area contributed by atoms with Crippen LogP contribution in [-0.2, 0) is 19.4 Å². The first kappa shape index (κ1) is 19.2. The standard InChI is InChI=1S/C27H34O2/c1-3-19-15-23-20(16-25(19)29-17-18-7-5-4-6-8-18)9-10-22-21(23)13-14-27(2)24(22)11-12-26(27)28/h4-8,15-16,21-22,24,26,28H,3,9-14,17H2,1-2H3/t21-,22+,24-,26-,27-/m0/s1. The van der Waals surface area contributed by atoms with E-state index in [1.54, 1.807) is 5.56 Å². The van der Waals surface area contributed by atoms with Crippen LogP contribution in [0.5, 0.6) is 5.75 Å². The lowest BCUT2D eigenvalue weighted by atomic mass is 9.55. The van der Waals surface area contributed by atoms with Crippen molar-refractivity contribution < 1.29 is 9.84 Å². The molecule has 0 radical (unpaired) electrons. The zero-order valence-corrected chi connectivity index (χ0v) is 17.9. The van der Waals surface area contributed by atoms with Gasteiger partial charge >= 0.3 is 0 Å². The van der Waals surface area contributed by atoms with E-state index in [0.29, 0.717) is 18.4 Å². The molecule has 5 rings (SSSR count). The molecule has 0 aliphatic heterocycles. The Bertz CT molecular complexity index is 874. The molecule has 2 aromatic rings. The predicted octanol–water partition coefficient (Wildman–Crippen LogP) is 6.05. The normalized spacial score (nSPS) is 32.9. The van der Waals surface area contributed by atoms with E-state index < -0.39 is 0 Å². The highest BCUT2D eigenvalue weighted by Gasteiger charge is 2.54. The molecule has 2 aromatic carbocycles. The predicted molar refractivity (Wildman–Crippen MR) is 117 cm³/mol. The van der Waals surface area contributed by atoms with Crippen molar-refractivity contribution in [1.82, 2.24) is 0 Å². The fourth-order valence-electron chi connectivity index (χ4n) is 6.76. The van der Waals surface area contributed by atoms with E-state index in [0.717, 1.165) is 30.9 Å². The van der Waals surface area contributed by atoms with Gasteiger partial charge in [-0.05, 0) is 96.4 Å². The average Bonchev–Trinajstić information content (AvgIpc) is 3.06. The van der Waals surface area contributed by atoms with Gasteiger partial charge in [0.15, 0.2) is 0 Å². The van der Waals surface area contributed by atoms with Crippen LogP contribution in [0.25, 0.3) is 0 Å². The number of fused-ring (bicyclic) bond motifs is 5. The minimum Gasteiger partial charge on any atom is -0.489 e. The van der Waals surface area contributed by atoms with E-state index in [4.69, 9.17) is 4.74 Å². The second-order valence-electron chi connectivity index (χ2n) is 9.84. The SMILES string of the molecule is CCc1cc2c(cc1OCc1ccccc1)CC[C@@H]1[C@@H]2CC[C@]2(C)[C@@H](O)CC[C@@H]12. The van der Waals surface area contributed by atoms with Gasteiger partial charge < -0.3 is 9.84 Å². The Morgan fingerprint density at radius 2 is 1.90 bits per heavy atom. The summed E-state index contributed by atoms with van der Waals surface area (Å²) in [6.07, 6.45) is 7.97. The van der Waals surface area contributed by atoms with Crippen LogP contribution >= 0.6 is 0 Å². The van der Waals surface area contributed by atoms with Gasteiger partial charge in [-0.25, -0.2) is 0 Å². The van der Waals surface area contributed by atoms with Crippen LogP contribution in [0.3, 0.4) is 0 Å². The van der Waals surface area contributed by atoms with Crippen LogP contribution in [0.1, 0.15) is 74.1 Å². The van der Waals surface area contributed by atoms with Gasteiger partial charge in [0.25, 0.3) is 0 Å². The largest absolute Gasteiger partial charge is 0.489 e. The molecular weight excluding hydrogens is 356 g/mol. The van der Waals surface area contributed by atoms with Crippen LogP contribution in [0.15, 0.2) is 42.5 Å². The summed E-state index contributed by atoms with van der Waals surface area (Å²) < 4.78 is 6.28. The summed E-state index contributed by atoms with van der Waals surface area (Å²) in [7, 11) is 0. The van der Waals surface area contributed by atoms with Crippen molar-refractivity contribution in [2.75, 3.05) is 0 Å². The third-order valence-electron chi connectivity index (χ3n) is 8.47. The maximum atomic E-state index is 10.6. The fourth-order valence-corrected chi connectivity index (χ4v) is 6.76. The molecule has 5 atom stereocenters. The quantitative estimate of drug-likeness (QED) is 0.689. The lowest BCUT2D eigenvalue weighted by Crippen LogP contribution is -2.43. The number of aryl methyl sites for hydroxylation is 2. The van der Waals surface area contributed by atoms with Crippen LogP contribution in [0, 0.1) is 17.3 Å². The molecule has 2 saturated carbocycles. The Labute approximate surface area is 175 Å². The first-order valence-corrected chi connectivity index (χ1v) is 11.6. The minimum atomic E-state index is -0.0881. The molecule has 0 unspecified atom stereocenters. The van der Waals surface area contributed by atoms with Crippen LogP contribution < -0.4 is 4.74 Å². The summed E-state index contributed by atoms with van der Waals surface area (Å²) in [6.45, 7) is 5.23. The molecule has 0 aromatic heterocycles. The molecule has 0 saturated heterocycles. The van der Waals surface area contributed by atoms with Crippen LogP contribution in [0.2, 0.25) is 0 Å². The van der Waals surface area contributed by atoms with E-state index in [9.17, 15) is 5.11 Å². The monoisotopic (exact) mass is 390 g/mol. The average molecular weight is 391 g/mol. The summed E-state index contributed by atoms with van der Waals surface area (Å²) >= 11 is 0. The number of aliphatic hydroxyl groups excluding tert-OH is 1. The Kier molecular flexibility index (Phi) is 4.94. The van der Waals surface area contributed by atoms with E-state index in [1.807, 2.05) is 0 Å². The van der Waals surface area contributed by atoms with E-state index in [1.165, 1.54) is 42.4 Å². The van der Waals surface area contributed by atoms with Crippen molar-refractivity contribution in [3.05, 3.63) is 64.7 Å². The summed E-state index contributed by atoms with van der Waals surface area (Å²) in [5.74, 6) is 3.20. The molecule has 3 aliphatic carbocycles. The molecule has 3 aliphatic rings. The second kappa shape index (κ2) is 7.47. The number of rotatable bonds is 4.